The van der Waals surface area contributed by atoms with E-state index in [1.165, 1.54) is 24.3 Å². The SMILES string of the molecule is O=C(Nc1ccc(Br)cc1)c1cc(S(=O)(=O)Nc2ccc(Cl)cc2)c([N+](=O)[O-])cc1Cl. The van der Waals surface area contributed by atoms with Crippen molar-refractivity contribution in [2.24, 2.45) is 0 Å². The van der Waals surface area contributed by atoms with Crippen LogP contribution in [0.15, 0.2) is 70.0 Å². The molecule has 12 heteroatoms. The zero-order valence-corrected chi connectivity index (χ0v) is 19.2. The Hall–Kier alpha value is -2.66. The summed E-state index contributed by atoms with van der Waals surface area (Å²) in [7, 11) is -4.43. The van der Waals surface area contributed by atoms with Crippen LogP contribution in [-0.4, -0.2) is 19.2 Å². The molecule has 0 fully saturated rings. The van der Waals surface area contributed by atoms with Crippen LogP contribution in [-0.2, 0) is 10.0 Å². The molecule has 3 aromatic carbocycles. The third-order valence-corrected chi connectivity index (χ3v) is 6.48. The highest BCUT2D eigenvalue weighted by Gasteiger charge is 2.29. The number of benzene rings is 3. The Morgan fingerprint density at radius 1 is 0.968 bits per heavy atom. The number of hydrogen-bond acceptors (Lipinski definition) is 5. The van der Waals surface area contributed by atoms with E-state index in [-0.39, 0.29) is 16.3 Å². The van der Waals surface area contributed by atoms with Gasteiger partial charge in [-0.2, -0.15) is 0 Å². The number of nitro groups is 1. The average Bonchev–Trinajstić information content (AvgIpc) is 2.70. The number of hydrogen-bond donors (Lipinski definition) is 2. The Bertz CT molecular complexity index is 1270. The summed E-state index contributed by atoms with van der Waals surface area (Å²) < 4.78 is 28.8. The van der Waals surface area contributed by atoms with E-state index in [4.69, 9.17) is 23.2 Å². The van der Waals surface area contributed by atoms with E-state index >= 15 is 0 Å². The Balaban J connectivity index is 2.02. The van der Waals surface area contributed by atoms with Gasteiger partial charge in [0.2, 0.25) is 0 Å². The lowest BCUT2D eigenvalue weighted by atomic mass is 10.2. The van der Waals surface area contributed by atoms with Crippen LogP contribution < -0.4 is 10.0 Å². The first kappa shape index (κ1) is 23.0. The lowest BCUT2D eigenvalue weighted by Gasteiger charge is -2.12. The number of nitrogens with zero attached hydrogens (tertiary/aromatic N) is 1. The van der Waals surface area contributed by atoms with E-state index in [0.29, 0.717) is 10.7 Å². The molecule has 0 atom stereocenters. The van der Waals surface area contributed by atoms with Crippen molar-refractivity contribution in [2.45, 2.75) is 4.90 Å². The molecule has 0 aliphatic carbocycles. The fourth-order valence-electron chi connectivity index (χ4n) is 2.53. The van der Waals surface area contributed by atoms with Gasteiger partial charge in [0.05, 0.1) is 15.5 Å². The largest absolute Gasteiger partial charge is 0.322 e. The summed E-state index contributed by atoms with van der Waals surface area (Å²) in [5.41, 5.74) is -0.459. The summed E-state index contributed by atoms with van der Waals surface area (Å²) in [4.78, 5) is 22.5. The van der Waals surface area contributed by atoms with Crippen LogP contribution in [0.2, 0.25) is 10.0 Å². The Labute approximate surface area is 195 Å². The number of nitrogens with one attached hydrogen (secondary N) is 2. The molecule has 0 spiro atoms. The predicted octanol–water partition coefficient (Wildman–Crippen LogP) is 5.72. The minimum absolute atomic E-state index is 0.134. The van der Waals surface area contributed by atoms with Crippen LogP contribution in [0, 0.1) is 10.1 Å². The summed E-state index contributed by atoms with van der Waals surface area (Å²) in [6, 6.07) is 14.0. The van der Waals surface area contributed by atoms with Gasteiger partial charge in [-0.3, -0.25) is 19.6 Å². The molecular formula is C19H12BrCl2N3O5S. The number of halogens is 3. The molecule has 160 valence electrons. The molecule has 0 bridgehead atoms. The van der Waals surface area contributed by atoms with Crippen molar-refractivity contribution in [3.05, 3.63) is 90.9 Å². The quantitative estimate of drug-likeness (QED) is 0.304. The van der Waals surface area contributed by atoms with E-state index < -0.39 is 31.4 Å². The molecule has 3 aromatic rings. The molecule has 3 rings (SSSR count). The van der Waals surface area contributed by atoms with Crippen LogP contribution in [0.25, 0.3) is 0 Å². The van der Waals surface area contributed by atoms with E-state index in [2.05, 4.69) is 26.0 Å². The fourth-order valence-corrected chi connectivity index (χ4v) is 4.41. The van der Waals surface area contributed by atoms with Gasteiger partial charge in [0, 0.05) is 26.9 Å². The van der Waals surface area contributed by atoms with Crippen molar-refractivity contribution in [2.75, 3.05) is 10.0 Å². The van der Waals surface area contributed by atoms with Crippen LogP contribution >= 0.6 is 39.1 Å². The Kier molecular flexibility index (Phi) is 6.85. The second kappa shape index (κ2) is 9.23. The summed E-state index contributed by atoms with van der Waals surface area (Å²) in [5.74, 6) is -0.731. The maximum absolute atomic E-state index is 12.9. The smallest absolute Gasteiger partial charge is 0.291 e. The van der Waals surface area contributed by atoms with Gasteiger partial charge in [-0.25, -0.2) is 8.42 Å². The molecule has 0 aliphatic heterocycles. The third-order valence-electron chi connectivity index (χ3n) is 3.98. The normalized spacial score (nSPS) is 11.1. The van der Waals surface area contributed by atoms with Gasteiger partial charge in [0.25, 0.3) is 21.6 Å². The number of nitro benzene ring substituents is 1. The highest BCUT2D eigenvalue weighted by atomic mass is 79.9. The first-order valence-corrected chi connectivity index (χ1v) is 11.4. The van der Waals surface area contributed by atoms with Crippen molar-refractivity contribution in [1.29, 1.82) is 0 Å². The number of sulfonamides is 1. The number of carbonyl (C=O) groups excluding carboxylic acids is 1. The molecule has 0 aromatic heterocycles. The zero-order valence-electron chi connectivity index (χ0n) is 15.3. The lowest BCUT2D eigenvalue weighted by Crippen LogP contribution is -2.18. The molecule has 0 heterocycles. The second-order valence-electron chi connectivity index (χ2n) is 6.13. The van der Waals surface area contributed by atoms with Crippen molar-refractivity contribution in [3.8, 4) is 0 Å². The molecular weight excluding hydrogens is 533 g/mol. The van der Waals surface area contributed by atoms with Crippen molar-refractivity contribution in [1.82, 2.24) is 0 Å². The predicted molar refractivity (Wildman–Crippen MR) is 122 cm³/mol. The minimum atomic E-state index is -4.43. The van der Waals surface area contributed by atoms with E-state index in [1.807, 2.05) is 0 Å². The molecule has 8 nitrogen and oxygen atoms in total. The van der Waals surface area contributed by atoms with E-state index in [0.717, 1.165) is 16.6 Å². The Morgan fingerprint density at radius 2 is 1.55 bits per heavy atom. The van der Waals surface area contributed by atoms with Crippen molar-refractivity contribution < 1.29 is 18.1 Å². The highest BCUT2D eigenvalue weighted by Crippen LogP contribution is 2.32. The van der Waals surface area contributed by atoms with Crippen LogP contribution in [0.3, 0.4) is 0 Å². The molecule has 2 N–H and O–H groups in total. The zero-order chi connectivity index (χ0) is 22.8. The molecule has 0 unspecified atom stereocenters. The van der Waals surface area contributed by atoms with Crippen LogP contribution in [0.4, 0.5) is 17.1 Å². The van der Waals surface area contributed by atoms with Gasteiger partial charge in [-0.1, -0.05) is 39.1 Å². The number of carbonyl (C=O) groups is 1. The highest BCUT2D eigenvalue weighted by molar-refractivity contribution is 9.10. The topological polar surface area (TPSA) is 118 Å². The monoisotopic (exact) mass is 543 g/mol. The first-order chi connectivity index (χ1) is 14.6. The van der Waals surface area contributed by atoms with Crippen molar-refractivity contribution in [3.63, 3.8) is 0 Å². The van der Waals surface area contributed by atoms with E-state index in [1.54, 1.807) is 24.3 Å². The minimum Gasteiger partial charge on any atom is -0.322 e. The Morgan fingerprint density at radius 3 is 2.13 bits per heavy atom. The summed E-state index contributed by atoms with van der Waals surface area (Å²) in [5, 5.41) is 14.1. The molecule has 1 amide bonds. The summed E-state index contributed by atoms with van der Waals surface area (Å²) >= 11 is 15.1. The number of anilines is 2. The molecule has 0 radical (unpaired) electrons. The molecule has 0 saturated carbocycles. The van der Waals surface area contributed by atoms with Crippen LogP contribution in [0.5, 0.6) is 0 Å². The van der Waals surface area contributed by atoms with Gasteiger partial charge in [-0.05, 0) is 54.6 Å². The van der Waals surface area contributed by atoms with Gasteiger partial charge in [0.1, 0.15) is 0 Å². The standard InChI is InChI=1S/C19H12BrCl2N3O5S/c20-11-1-5-13(6-2-11)23-19(26)15-9-18(17(25(27)28)10-16(15)22)31(29,30)24-14-7-3-12(21)4-8-14/h1-10,24H,(H,23,26). The van der Waals surface area contributed by atoms with Gasteiger partial charge in [-0.15, -0.1) is 0 Å². The number of rotatable bonds is 6. The van der Waals surface area contributed by atoms with Crippen LogP contribution in [0.1, 0.15) is 10.4 Å². The van der Waals surface area contributed by atoms with Gasteiger partial charge in [0.15, 0.2) is 4.90 Å². The second-order valence-corrected chi connectivity index (χ2v) is 9.54. The first-order valence-electron chi connectivity index (χ1n) is 8.40. The number of amides is 1. The van der Waals surface area contributed by atoms with Gasteiger partial charge >= 0.3 is 0 Å². The van der Waals surface area contributed by atoms with Gasteiger partial charge < -0.3 is 5.32 Å². The molecule has 0 saturated heterocycles. The average molecular weight is 545 g/mol. The molecule has 31 heavy (non-hydrogen) atoms. The maximum atomic E-state index is 12.9. The lowest BCUT2D eigenvalue weighted by molar-refractivity contribution is -0.387. The third kappa shape index (κ3) is 5.53. The van der Waals surface area contributed by atoms with E-state index in [9.17, 15) is 23.3 Å². The summed E-state index contributed by atoms with van der Waals surface area (Å²) in [6.45, 7) is 0. The fraction of sp³-hybridized carbons (Fsp3) is 0. The maximum Gasteiger partial charge on any atom is 0.291 e. The summed E-state index contributed by atoms with van der Waals surface area (Å²) in [6.07, 6.45) is 0. The van der Waals surface area contributed by atoms with Crippen molar-refractivity contribution >= 4 is 72.1 Å². The molecule has 0 aliphatic rings.